The highest BCUT2D eigenvalue weighted by atomic mass is 16.3. The molecule has 1 aromatic heterocycles. The zero-order valence-electron chi connectivity index (χ0n) is 13.7. The van der Waals surface area contributed by atoms with Crippen LogP contribution in [0.25, 0.3) is 22.1 Å². The molecule has 126 valence electrons. The van der Waals surface area contributed by atoms with Crippen molar-refractivity contribution in [3.05, 3.63) is 83.3 Å². The summed E-state index contributed by atoms with van der Waals surface area (Å²) in [5, 5.41) is 20.3. The number of hydrogen-bond donors (Lipinski definition) is 2. The van der Waals surface area contributed by atoms with Gasteiger partial charge in [-0.25, -0.2) is 0 Å². The maximum absolute atomic E-state index is 12.9. The highest BCUT2D eigenvalue weighted by molar-refractivity contribution is 5.86. The molecule has 0 saturated heterocycles. The van der Waals surface area contributed by atoms with Gasteiger partial charge in [-0.3, -0.25) is 4.79 Å². The van der Waals surface area contributed by atoms with Crippen LogP contribution in [0.4, 0.5) is 0 Å². The molecule has 0 fully saturated rings. The Hall–Kier alpha value is -3.27. The summed E-state index contributed by atoms with van der Waals surface area (Å²) < 4.78 is 5.68. The normalized spacial score (nSPS) is 10.7. The average Bonchev–Trinajstić information content (AvgIpc) is 2.60. The monoisotopic (exact) mass is 334 g/mol. The average molecular weight is 334 g/mol. The molecule has 3 aromatic rings. The summed E-state index contributed by atoms with van der Waals surface area (Å²) in [5.41, 5.74) is 2.44. The number of allylic oxidation sites excluding steroid dienone is 2. The van der Waals surface area contributed by atoms with Crippen LogP contribution in [0.15, 0.2) is 71.1 Å². The molecule has 0 aliphatic heterocycles. The first-order valence-corrected chi connectivity index (χ1v) is 7.87. The molecular formula is C21H18O4. The van der Waals surface area contributed by atoms with Gasteiger partial charge < -0.3 is 14.6 Å². The second kappa shape index (κ2) is 6.69. The Balaban J connectivity index is 2.22. The second-order valence-corrected chi connectivity index (χ2v) is 5.75. The van der Waals surface area contributed by atoms with Crippen molar-refractivity contribution in [2.45, 2.75) is 12.8 Å². The lowest BCUT2D eigenvalue weighted by atomic mass is 9.99. The minimum absolute atomic E-state index is 0.0706. The lowest BCUT2D eigenvalue weighted by Crippen LogP contribution is -2.06. The maximum atomic E-state index is 12.9. The first-order chi connectivity index (χ1) is 12.1. The summed E-state index contributed by atoms with van der Waals surface area (Å²) in [6.45, 7) is 7.33. The van der Waals surface area contributed by atoms with Crippen LogP contribution in [0.3, 0.4) is 0 Å². The first-order valence-electron chi connectivity index (χ1n) is 7.87. The highest BCUT2D eigenvalue weighted by Gasteiger charge is 2.15. The van der Waals surface area contributed by atoms with Gasteiger partial charge in [0.25, 0.3) is 0 Å². The van der Waals surface area contributed by atoms with Gasteiger partial charge in [0, 0.05) is 5.56 Å². The van der Waals surface area contributed by atoms with E-state index in [9.17, 15) is 15.0 Å². The van der Waals surface area contributed by atoms with Gasteiger partial charge in [-0.2, -0.15) is 0 Å². The standard InChI is InChI=1S/C21H18O4/c1-3-5-14-11-13(7-9-18(14)22)17-12-25-21-15(6-4-2)19(23)10-8-16(21)20(17)24/h3-4,7-12,22-23H,1-2,5-6H2. The Bertz CT molecular complexity index is 1030. The predicted molar refractivity (Wildman–Crippen MR) is 99.1 cm³/mol. The van der Waals surface area contributed by atoms with Crippen LogP contribution in [-0.4, -0.2) is 10.2 Å². The Morgan fingerprint density at radius 3 is 2.44 bits per heavy atom. The number of aromatic hydroxyl groups is 2. The maximum Gasteiger partial charge on any atom is 0.200 e. The molecule has 0 aliphatic carbocycles. The molecule has 0 amide bonds. The number of hydrogen-bond acceptors (Lipinski definition) is 4. The Morgan fingerprint density at radius 1 is 1.00 bits per heavy atom. The highest BCUT2D eigenvalue weighted by Crippen LogP contribution is 2.30. The fourth-order valence-corrected chi connectivity index (χ4v) is 2.86. The van der Waals surface area contributed by atoms with Crippen molar-refractivity contribution in [2.24, 2.45) is 0 Å². The largest absolute Gasteiger partial charge is 0.508 e. The number of phenols is 2. The molecular weight excluding hydrogens is 316 g/mol. The van der Waals surface area contributed by atoms with Gasteiger partial charge in [0.15, 0.2) is 0 Å². The van der Waals surface area contributed by atoms with E-state index in [4.69, 9.17) is 4.42 Å². The van der Waals surface area contributed by atoms with E-state index >= 15 is 0 Å². The van der Waals surface area contributed by atoms with Crippen LogP contribution in [0.1, 0.15) is 11.1 Å². The predicted octanol–water partition coefficient (Wildman–Crippen LogP) is 4.33. The van der Waals surface area contributed by atoms with E-state index in [1.807, 2.05) is 0 Å². The molecule has 0 unspecified atom stereocenters. The smallest absolute Gasteiger partial charge is 0.200 e. The minimum atomic E-state index is -0.193. The van der Waals surface area contributed by atoms with Gasteiger partial charge >= 0.3 is 0 Å². The van der Waals surface area contributed by atoms with Crippen LogP contribution in [0, 0.1) is 0 Å². The molecule has 2 aromatic carbocycles. The van der Waals surface area contributed by atoms with Gasteiger partial charge in [-0.15, -0.1) is 13.2 Å². The SMILES string of the molecule is C=CCc1cc(-c2coc3c(CC=C)c(O)ccc3c2=O)ccc1O. The molecule has 1 heterocycles. The van der Waals surface area contributed by atoms with Crippen molar-refractivity contribution in [2.75, 3.05) is 0 Å². The molecule has 0 radical (unpaired) electrons. The molecule has 0 bridgehead atoms. The van der Waals surface area contributed by atoms with Crippen LogP contribution in [-0.2, 0) is 12.8 Å². The van der Waals surface area contributed by atoms with E-state index in [-0.39, 0.29) is 16.9 Å². The number of rotatable bonds is 5. The van der Waals surface area contributed by atoms with Gasteiger partial charge in [0.1, 0.15) is 23.3 Å². The number of phenolic OH excluding ortho intramolecular Hbond substituents is 2. The Kier molecular flexibility index (Phi) is 4.44. The third kappa shape index (κ3) is 2.94. The molecule has 4 nitrogen and oxygen atoms in total. The molecule has 0 atom stereocenters. The summed E-state index contributed by atoms with van der Waals surface area (Å²) in [4.78, 5) is 12.9. The van der Waals surface area contributed by atoms with Gasteiger partial charge in [-0.1, -0.05) is 18.2 Å². The molecule has 2 N–H and O–H groups in total. The van der Waals surface area contributed by atoms with Crippen molar-refractivity contribution in [3.63, 3.8) is 0 Å². The Labute approximate surface area is 145 Å². The van der Waals surface area contributed by atoms with Crippen LogP contribution < -0.4 is 5.43 Å². The lowest BCUT2D eigenvalue weighted by molar-refractivity contribution is 0.467. The van der Waals surface area contributed by atoms with Crippen LogP contribution in [0.5, 0.6) is 11.5 Å². The quantitative estimate of drug-likeness (QED) is 0.681. The van der Waals surface area contributed by atoms with Gasteiger partial charge in [-0.05, 0) is 48.2 Å². The molecule has 0 aliphatic rings. The van der Waals surface area contributed by atoms with Gasteiger partial charge in [0.05, 0.1) is 10.9 Å². The summed E-state index contributed by atoms with van der Waals surface area (Å²) in [5.74, 6) is 0.230. The molecule has 4 heteroatoms. The van der Waals surface area contributed by atoms with Gasteiger partial charge in [0.2, 0.25) is 5.43 Å². The summed E-state index contributed by atoms with van der Waals surface area (Å²) >= 11 is 0. The van der Waals surface area contributed by atoms with Crippen molar-refractivity contribution < 1.29 is 14.6 Å². The summed E-state index contributed by atoms with van der Waals surface area (Å²) in [6.07, 6.45) is 5.61. The fourth-order valence-electron chi connectivity index (χ4n) is 2.86. The Morgan fingerprint density at radius 2 is 1.72 bits per heavy atom. The molecule has 0 saturated carbocycles. The molecule has 0 spiro atoms. The van der Waals surface area contributed by atoms with E-state index in [2.05, 4.69) is 13.2 Å². The van der Waals surface area contributed by atoms with Crippen molar-refractivity contribution in [3.8, 4) is 22.6 Å². The lowest BCUT2D eigenvalue weighted by Gasteiger charge is -2.09. The van der Waals surface area contributed by atoms with E-state index in [1.54, 1.807) is 36.4 Å². The van der Waals surface area contributed by atoms with E-state index < -0.39 is 0 Å². The minimum Gasteiger partial charge on any atom is -0.508 e. The number of fused-ring (bicyclic) bond motifs is 1. The first kappa shape index (κ1) is 16.6. The second-order valence-electron chi connectivity index (χ2n) is 5.75. The van der Waals surface area contributed by atoms with E-state index in [0.717, 1.165) is 0 Å². The summed E-state index contributed by atoms with van der Waals surface area (Å²) in [6, 6.07) is 8.02. The zero-order valence-corrected chi connectivity index (χ0v) is 13.7. The zero-order chi connectivity index (χ0) is 18.0. The summed E-state index contributed by atoms with van der Waals surface area (Å²) in [7, 11) is 0. The van der Waals surface area contributed by atoms with E-state index in [0.29, 0.717) is 46.1 Å². The molecule has 3 rings (SSSR count). The number of benzene rings is 2. The molecule has 25 heavy (non-hydrogen) atoms. The van der Waals surface area contributed by atoms with Crippen molar-refractivity contribution in [1.82, 2.24) is 0 Å². The van der Waals surface area contributed by atoms with E-state index in [1.165, 1.54) is 12.3 Å². The topological polar surface area (TPSA) is 70.7 Å². The fraction of sp³-hybridized carbons (Fsp3) is 0.0952. The third-order valence-corrected chi connectivity index (χ3v) is 4.12. The third-order valence-electron chi connectivity index (χ3n) is 4.12. The van der Waals surface area contributed by atoms with Crippen LogP contribution >= 0.6 is 0 Å². The van der Waals surface area contributed by atoms with Crippen LogP contribution in [0.2, 0.25) is 0 Å². The van der Waals surface area contributed by atoms with Crippen molar-refractivity contribution in [1.29, 1.82) is 0 Å². The van der Waals surface area contributed by atoms with Crippen molar-refractivity contribution >= 4 is 11.0 Å².